The Morgan fingerprint density at radius 2 is 2.26 bits per heavy atom. The Bertz CT molecular complexity index is 595. The van der Waals surface area contributed by atoms with Crippen LogP contribution in [0, 0.1) is 6.92 Å². The van der Waals surface area contributed by atoms with Crippen molar-refractivity contribution in [3.8, 4) is 5.75 Å². The summed E-state index contributed by atoms with van der Waals surface area (Å²) in [6.45, 7) is 2.92. The van der Waals surface area contributed by atoms with Crippen LogP contribution in [0.1, 0.15) is 34.7 Å². The summed E-state index contributed by atoms with van der Waals surface area (Å²) >= 11 is 0. The van der Waals surface area contributed by atoms with Crippen molar-refractivity contribution < 1.29 is 5.11 Å². The van der Waals surface area contributed by atoms with Crippen molar-refractivity contribution >= 4 is 0 Å². The highest BCUT2D eigenvalue weighted by atomic mass is 16.3. The van der Waals surface area contributed by atoms with Crippen LogP contribution in [0.2, 0.25) is 0 Å². The molecule has 0 saturated carbocycles. The van der Waals surface area contributed by atoms with Gasteiger partial charge in [0, 0.05) is 25.0 Å². The van der Waals surface area contributed by atoms with E-state index in [4.69, 9.17) is 0 Å². The minimum absolute atomic E-state index is 0.335. The summed E-state index contributed by atoms with van der Waals surface area (Å²) in [5.74, 6) is 0.430. The van der Waals surface area contributed by atoms with Crippen LogP contribution in [0.3, 0.4) is 0 Å². The van der Waals surface area contributed by atoms with E-state index in [1.54, 1.807) is 6.07 Å². The molecule has 3 rings (SSSR count). The van der Waals surface area contributed by atoms with Crippen LogP contribution in [0.15, 0.2) is 36.7 Å². The molecule has 1 aliphatic carbocycles. The zero-order valence-corrected chi connectivity index (χ0v) is 11.1. The first kappa shape index (κ1) is 12.2. The molecule has 0 saturated heterocycles. The predicted octanol–water partition coefficient (Wildman–Crippen LogP) is 2.87. The molecular weight excluding hydrogens is 236 g/mol. The van der Waals surface area contributed by atoms with Gasteiger partial charge in [-0.05, 0) is 54.2 Å². The van der Waals surface area contributed by atoms with Gasteiger partial charge in [-0.25, -0.2) is 0 Å². The molecule has 1 atom stereocenters. The highest BCUT2D eigenvalue weighted by Crippen LogP contribution is 2.36. The molecule has 2 aromatic rings. The number of pyridine rings is 1. The van der Waals surface area contributed by atoms with Crippen LogP contribution >= 0.6 is 0 Å². The summed E-state index contributed by atoms with van der Waals surface area (Å²) in [6, 6.07) is 8.17. The van der Waals surface area contributed by atoms with E-state index in [2.05, 4.69) is 23.3 Å². The number of rotatable bonds is 3. The van der Waals surface area contributed by atoms with Gasteiger partial charge in [-0.15, -0.1) is 0 Å². The van der Waals surface area contributed by atoms with Crippen molar-refractivity contribution in [1.82, 2.24) is 10.3 Å². The maximum atomic E-state index is 9.84. The maximum absolute atomic E-state index is 9.84. The van der Waals surface area contributed by atoms with Crippen molar-refractivity contribution in [1.29, 1.82) is 0 Å². The molecule has 1 heterocycles. The molecule has 0 radical (unpaired) electrons. The normalized spacial score (nSPS) is 17.4. The summed E-state index contributed by atoms with van der Waals surface area (Å²) in [5.41, 5.74) is 4.83. The Labute approximate surface area is 113 Å². The largest absolute Gasteiger partial charge is 0.508 e. The van der Waals surface area contributed by atoms with Gasteiger partial charge in [0.1, 0.15) is 5.75 Å². The van der Waals surface area contributed by atoms with Crippen LogP contribution in [0.5, 0.6) is 5.75 Å². The number of aromatic hydroxyl groups is 1. The van der Waals surface area contributed by atoms with Gasteiger partial charge in [0.2, 0.25) is 0 Å². The summed E-state index contributed by atoms with van der Waals surface area (Å²) in [7, 11) is 0. The molecular formula is C16H18N2O. The van der Waals surface area contributed by atoms with E-state index < -0.39 is 0 Å². The van der Waals surface area contributed by atoms with E-state index in [0.717, 1.165) is 24.9 Å². The minimum atomic E-state index is 0.335. The number of aryl methyl sites for hydroxylation is 1. The van der Waals surface area contributed by atoms with Gasteiger partial charge >= 0.3 is 0 Å². The first-order chi connectivity index (χ1) is 9.25. The van der Waals surface area contributed by atoms with Crippen LogP contribution in [-0.2, 0) is 13.0 Å². The maximum Gasteiger partial charge on any atom is 0.119 e. The highest BCUT2D eigenvalue weighted by molar-refractivity contribution is 5.44. The number of phenols is 1. The lowest BCUT2D eigenvalue weighted by Gasteiger charge is -2.15. The second kappa shape index (κ2) is 5.02. The van der Waals surface area contributed by atoms with E-state index in [9.17, 15) is 5.11 Å². The zero-order valence-electron chi connectivity index (χ0n) is 11.1. The smallest absolute Gasteiger partial charge is 0.119 e. The topological polar surface area (TPSA) is 45.2 Å². The van der Waals surface area contributed by atoms with Crippen molar-refractivity contribution in [2.45, 2.75) is 32.4 Å². The Kier molecular flexibility index (Phi) is 3.22. The lowest BCUT2D eigenvalue weighted by molar-refractivity contribution is 0.469. The number of benzene rings is 1. The van der Waals surface area contributed by atoms with Gasteiger partial charge in [0.05, 0.1) is 0 Å². The zero-order chi connectivity index (χ0) is 13.2. The van der Waals surface area contributed by atoms with Gasteiger partial charge in [-0.2, -0.15) is 0 Å². The number of aromatic nitrogens is 1. The summed E-state index contributed by atoms with van der Waals surface area (Å²) in [6.07, 6.45) is 5.74. The highest BCUT2D eigenvalue weighted by Gasteiger charge is 2.24. The number of phenolic OH excluding ortho intramolecular Hbond substituents is 1. The minimum Gasteiger partial charge on any atom is -0.508 e. The molecule has 0 fully saturated rings. The molecule has 0 spiro atoms. The molecule has 3 nitrogen and oxygen atoms in total. The standard InChI is InChI=1S/C16H18N2O/c1-11-7-8-17-9-12(11)10-18-15-6-5-14-13(15)3-2-4-16(14)19/h2-4,7-9,15,18-19H,5-6,10H2,1H3. The van der Waals surface area contributed by atoms with Gasteiger partial charge in [-0.3, -0.25) is 4.98 Å². The third-order valence-electron chi connectivity index (χ3n) is 3.93. The fourth-order valence-electron chi connectivity index (χ4n) is 2.76. The van der Waals surface area contributed by atoms with Crippen LogP contribution in [0.4, 0.5) is 0 Å². The van der Waals surface area contributed by atoms with Crippen molar-refractivity contribution in [3.05, 3.63) is 58.9 Å². The first-order valence-corrected chi connectivity index (χ1v) is 6.69. The van der Waals surface area contributed by atoms with Crippen molar-refractivity contribution in [2.75, 3.05) is 0 Å². The number of fused-ring (bicyclic) bond motifs is 1. The second-order valence-electron chi connectivity index (χ2n) is 5.12. The molecule has 3 heteroatoms. The fourth-order valence-corrected chi connectivity index (χ4v) is 2.76. The van der Waals surface area contributed by atoms with E-state index in [1.165, 1.54) is 16.7 Å². The second-order valence-corrected chi connectivity index (χ2v) is 5.12. The van der Waals surface area contributed by atoms with Crippen LogP contribution in [0.25, 0.3) is 0 Å². The summed E-state index contributed by atoms with van der Waals surface area (Å²) in [4.78, 5) is 4.17. The van der Waals surface area contributed by atoms with Gasteiger partial charge < -0.3 is 10.4 Å². The van der Waals surface area contributed by atoms with Crippen molar-refractivity contribution in [2.24, 2.45) is 0 Å². The van der Waals surface area contributed by atoms with E-state index in [0.29, 0.717) is 11.8 Å². The SMILES string of the molecule is Cc1ccncc1CNC1CCc2c(O)cccc21. The molecule has 1 aromatic heterocycles. The Balaban J connectivity index is 1.74. The Hall–Kier alpha value is -1.87. The van der Waals surface area contributed by atoms with Crippen molar-refractivity contribution in [3.63, 3.8) is 0 Å². The monoisotopic (exact) mass is 254 g/mol. The number of hydrogen-bond acceptors (Lipinski definition) is 3. The summed E-state index contributed by atoms with van der Waals surface area (Å²) < 4.78 is 0. The molecule has 0 bridgehead atoms. The van der Waals surface area contributed by atoms with E-state index in [-0.39, 0.29) is 0 Å². The number of nitrogens with zero attached hydrogens (tertiary/aromatic N) is 1. The fraction of sp³-hybridized carbons (Fsp3) is 0.312. The Morgan fingerprint density at radius 3 is 3.11 bits per heavy atom. The number of hydrogen-bond donors (Lipinski definition) is 2. The number of nitrogens with one attached hydrogen (secondary N) is 1. The van der Waals surface area contributed by atoms with Crippen LogP contribution in [-0.4, -0.2) is 10.1 Å². The van der Waals surface area contributed by atoms with E-state index >= 15 is 0 Å². The Morgan fingerprint density at radius 1 is 1.37 bits per heavy atom. The molecule has 0 amide bonds. The van der Waals surface area contributed by atoms with Gasteiger partial charge in [-0.1, -0.05) is 12.1 Å². The molecule has 98 valence electrons. The van der Waals surface area contributed by atoms with Gasteiger partial charge in [0.25, 0.3) is 0 Å². The lowest BCUT2D eigenvalue weighted by atomic mass is 10.1. The average Bonchev–Trinajstić information content (AvgIpc) is 2.83. The predicted molar refractivity (Wildman–Crippen MR) is 75.0 cm³/mol. The third kappa shape index (κ3) is 2.34. The average molecular weight is 254 g/mol. The molecule has 2 N–H and O–H groups in total. The lowest BCUT2D eigenvalue weighted by Crippen LogP contribution is -2.19. The molecule has 1 unspecified atom stereocenters. The summed E-state index contributed by atoms with van der Waals surface area (Å²) in [5, 5.41) is 13.4. The van der Waals surface area contributed by atoms with Crippen LogP contribution < -0.4 is 5.32 Å². The third-order valence-corrected chi connectivity index (χ3v) is 3.93. The molecule has 0 aliphatic heterocycles. The van der Waals surface area contributed by atoms with Gasteiger partial charge in [0.15, 0.2) is 0 Å². The molecule has 1 aromatic carbocycles. The molecule has 1 aliphatic rings. The molecule has 19 heavy (non-hydrogen) atoms. The van der Waals surface area contributed by atoms with E-state index in [1.807, 2.05) is 24.5 Å². The first-order valence-electron chi connectivity index (χ1n) is 6.69. The quantitative estimate of drug-likeness (QED) is 0.885.